The van der Waals surface area contributed by atoms with Gasteiger partial charge in [-0.05, 0) is 50.1 Å². The Morgan fingerprint density at radius 3 is 2.39 bits per heavy atom. The number of amides is 1. The van der Waals surface area contributed by atoms with Crippen LogP contribution in [-0.4, -0.2) is 26.4 Å². The number of thioether (sulfide) groups is 1. The van der Waals surface area contributed by atoms with Crippen LogP contribution < -0.4 is 5.32 Å². The first kappa shape index (κ1) is 20.9. The van der Waals surface area contributed by atoms with Crippen LogP contribution in [0.1, 0.15) is 16.7 Å². The predicted molar refractivity (Wildman–Crippen MR) is 127 cm³/mol. The summed E-state index contributed by atoms with van der Waals surface area (Å²) in [7, 11) is 0. The molecule has 1 N–H and O–H groups in total. The summed E-state index contributed by atoms with van der Waals surface area (Å²) < 4.78 is 2.01. The third-order valence-electron chi connectivity index (χ3n) is 5.02. The molecular weight excluding hydrogens is 404 g/mol. The zero-order valence-corrected chi connectivity index (χ0v) is 18.6. The fourth-order valence-corrected chi connectivity index (χ4v) is 4.19. The van der Waals surface area contributed by atoms with E-state index >= 15 is 0 Å². The van der Waals surface area contributed by atoms with Crippen molar-refractivity contribution in [2.75, 3.05) is 11.1 Å². The molecule has 1 aromatic heterocycles. The average Bonchev–Trinajstić information content (AvgIpc) is 3.19. The standard InChI is InChI=1S/C25H24N4OS/c1-17-13-14-22(19(3)15-17)26-23(30)16-31-25-28-27-24(21-12-8-7-9-18(21)2)29(25)20-10-5-4-6-11-20/h4-15H,16H2,1-3H3,(H,26,30). The number of aryl methyl sites for hydroxylation is 3. The minimum Gasteiger partial charge on any atom is -0.325 e. The van der Waals surface area contributed by atoms with E-state index in [9.17, 15) is 4.79 Å². The van der Waals surface area contributed by atoms with Crippen LogP contribution in [-0.2, 0) is 4.79 Å². The molecule has 156 valence electrons. The van der Waals surface area contributed by atoms with Crippen LogP contribution in [0.15, 0.2) is 78.0 Å². The Bertz CT molecular complexity index is 1220. The van der Waals surface area contributed by atoms with Crippen LogP contribution in [0.4, 0.5) is 5.69 Å². The van der Waals surface area contributed by atoms with Crippen molar-refractivity contribution < 1.29 is 4.79 Å². The van der Waals surface area contributed by atoms with Gasteiger partial charge in [0.05, 0.1) is 5.75 Å². The van der Waals surface area contributed by atoms with Gasteiger partial charge in [-0.1, -0.05) is 71.9 Å². The Hall–Kier alpha value is -3.38. The summed E-state index contributed by atoms with van der Waals surface area (Å²) in [6.45, 7) is 6.09. The average molecular weight is 429 g/mol. The van der Waals surface area contributed by atoms with Gasteiger partial charge in [0.2, 0.25) is 5.91 Å². The van der Waals surface area contributed by atoms with E-state index in [0.29, 0.717) is 5.16 Å². The van der Waals surface area contributed by atoms with Gasteiger partial charge in [0.15, 0.2) is 11.0 Å². The molecule has 0 unspecified atom stereocenters. The molecule has 0 bridgehead atoms. The van der Waals surface area contributed by atoms with Gasteiger partial charge in [-0.2, -0.15) is 0 Å². The molecule has 31 heavy (non-hydrogen) atoms. The van der Waals surface area contributed by atoms with Crippen LogP contribution in [0.3, 0.4) is 0 Å². The maximum Gasteiger partial charge on any atom is 0.234 e. The molecule has 0 aliphatic carbocycles. The van der Waals surface area contributed by atoms with E-state index in [4.69, 9.17) is 0 Å². The number of anilines is 1. The molecule has 0 fully saturated rings. The summed E-state index contributed by atoms with van der Waals surface area (Å²) in [4.78, 5) is 12.6. The molecule has 0 saturated heterocycles. The molecule has 3 aromatic carbocycles. The Balaban J connectivity index is 1.60. The number of hydrogen-bond acceptors (Lipinski definition) is 4. The number of para-hydroxylation sites is 1. The normalized spacial score (nSPS) is 10.8. The van der Waals surface area contributed by atoms with E-state index in [-0.39, 0.29) is 11.7 Å². The van der Waals surface area contributed by atoms with E-state index in [1.807, 2.05) is 79.1 Å². The van der Waals surface area contributed by atoms with Crippen molar-refractivity contribution in [1.29, 1.82) is 0 Å². The van der Waals surface area contributed by atoms with E-state index in [1.165, 1.54) is 17.3 Å². The highest BCUT2D eigenvalue weighted by Crippen LogP contribution is 2.29. The maximum absolute atomic E-state index is 12.6. The zero-order chi connectivity index (χ0) is 21.8. The summed E-state index contributed by atoms with van der Waals surface area (Å²) in [6.07, 6.45) is 0. The van der Waals surface area contributed by atoms with Gasteiger partial charge in [-0.25, -0.2) is 0 Å². The second-order valence-electron chi connectivity index (χ2n) is 7.45. The topological polar surface area (TPSA) is 59.8 Å². The molecule has 0 atom stereocenters. The van der Waals surface area contributed by atoms with Gasteiger partial charge >= 0.3 is 0 Å². The number of hydrogen-bond donors (Lipinski definition) is 1. The number of rotatable bonds is 6. The summed E-state index contributed by atoms with van der Waals surface area (Å²) in [5.74, 6) is 0.935. The molecule has 4 aromatic rings. The number of carbonyl (C=O) groups is 1. The molecule has 0 radical (unpaired) electrons. The van der Waals surface area contributed by atoms with Crippen LogP contribution in [0, 0.1) is 20.8 Å². The molecule has 1 amide bonds. The van der Waals surface area contributed by atoms with E-state index < -0.39 is 0 Å². The molecule has 0 saturated carbocycles. The lowest BCUT2D eigenvalue weighted by atomic mass is 10.1. The molecule has 4 rings (SSSR count). The fraction of sp³-hybridized carbons (Fsp3) is 0.160. The number of benzene rings is 3. The van der Waals surface area contributed by atoms with Crippen molar-refractivity contribution >= 4 is 23.4 Å². The van der Waals surface area contributed by atoms with Gasteiger partial charge in [0, 0.05) is 16.9 Å². The molecular formula is C25H24N4OS. The predicted octanol–water partition coefficient (Wildman–Crippen LogP) is 5.59. The minimum absolute atomic E-state index is 0.0722. The van der Waals surface area contributed by atoms with E-state index in [0.717, 1.165) is 33.9 Å². The van der Waals surface area contributed by atoms with Crippen molar-refractivity contribution in [1.82, 2.24) is 14.8 Å². The molecule has 0 aliphatic rings. The first-order valence-electron chi connectivity index (χ1n) is 10.1. The Morgan fingerprint density at radius 2 is 1.65 bits per heavy atom. The lowest BCUT2D eigenvalue weighted by molar-refractivity contribution is -0.113. The highest BCUT2D eigenvalue weighted by atomic mass is 32.2. The van der Waals surface area contributed by atoms with Crippen LogP contribution in [0.5, 0.6) is 0 Å². The quantitative estimate of drug-likeness (QED) is 0.407. The first-order chi connectivity index (χ1) is 15.0. The van der Waals surface area contributed by atoms with Crippen molar-refractivity contribution in [3.63, 3.8) is 0 Å². The lowest BCUT2D eigenvalue weighted by Crippen LogP contribution is -2.15. The highest BCUT2D eigenvalue weighted by Gasteiger charge is 2.18. The van der Waals surface area contributed by atoms with Crippen molar-refractivity contribution in [3.8, 4) is 17.1 Å². The van der Waals surface area contributed by atoms with Gasteiger partial charge < -0.3 is 5.32 Å². The van der Waals surface area contributed by atoms with Crippen molar-refractivity contribution in [2.24, 2.45) is 0 Å². The number of carbonyl (C=O) groups excluding carboxylic acids is 1. The van der Waals surface area contributed by atoms with E-state index in [1.54, 1.807) is 0 Å². The van der Waals surface area contributed by atoms with Gasteiger partial charge in [-0.15, -0.1) is 10.2 Å². The maximum atomic E-state index is 12.6. The smallest absolute Gasteiger partial charge is 0.234 e. The van der Waals surface area contributed by atoms with Crippen LogP contribution in [0.2, 0.25) is 0 Å². The zero-order valence-electron chi connectivity index (χ0n) is 17.8. The number of nitrogens with one attached hydrogen (secondary N) is 1. The SMILES string of the molecule is Cc1ccc(NC(=O)CSc2nnc(-c3ccccc3C)n2-c2ccccc2)c(C)c1. The Kier molecular flexibility index (Phi) is 6.18. The second-order valence-corrected chi connectivity index (χ2v) is 8.39. The molecule has 1 heterocycles. The number of nitrogens with zero attached hydrogens (tertiary/aromatic N) is 3. The van der Waals surface area contributed by atoms with Crippen molar-refractivity contribution in [3.05, 3.63) is 89.5 Å². The van der Waals surface area contributed by atoms with E-state index in [2.05, 4.69) is 34.6 Å². The summed E-state index contributed by atoms with van der Waals surface area (Å²) in [5, 5.41) is 12.6. The number of aromatic nitrogens is 3. The second kappa shape index (κ2) is 9.18. The van der Waals surface area contributed by atoms with Crippen LogP contribution in [0.25, 0.3) is 17.1 Å². The molecule has 0 spiro atoms. The summed E-state index contributed by atoms with van der Waals surface area (Å²) in [5.41, 5.74) is 6.16. The summed E-state index contributed by atoms with van der Waals surface area (Å²) >= 11 is 1.38. The monoisotopic (exact) mass is 428 g/mol. The molecule has 5 nitrogen and oxygen atoms in total. The third-order valence-corrected chi connectivity index (χ3v) is 5.95. The Labute approximate surface area is 186 Å². The summed E-state index contributed by atoms with van der Waals surface area (Å²) in [6, 6.07) is 24.1. The van der Waals surface area contributed by atoms with Gasteiger partial charge in [0.25, 0.3) is 0 Å². The lowest BCUT2D eigenvalue weighted by Gasteiger charge is -2.12. The van der Waals surface area contributed by atoms with Gasteiger partial charge in [0.1, 0.15) is 0 Å². The first-order valence-corrected chi connectivity index (χ1v) is 11.1. The largest absolute Gasteiger partial charge is 0.325 e. The minimum atomic E-state index is -0.0722. The van der Waals surface area contributed by atoms with Crippen molar-refractivity contribution in [2.45, 2.75) is 25.9 Å². The van der Waals surface area contributed by atoms with Crippen LogP contribution >= 0.6 is 11.8 Å². The van der Waals surface area contributed by atoms with Gasteiger partial charge in [-0.3, -0.25) is 9.36 Å². The fourth-order valence-electron chi connectivity index (χ4n) is 3.44. The molecule has 6 heteroatoms. The molecule has 0 aliphatic heterocycles. The highest BCUT2D eigenvalue weighted by molar-refractivity contribution is 7.99. The third kappa shape index (κ3) is 4.70. The Morgan fingerprint density at radius 1 is 0.903 bits per heavy atom.